The number of nitrogens with one attached hydrogen (secondary N) is 2. The minimum atomic E-state index is -0.800. The molecule has 1 amide bonds. The van der Waals surface area contributed by atoms with Crippen LogP contribution in [0.25, 0.3) is 0 Å². The molecule has 96 valence electrons. The van der Waals surface area contributed by atoms with Crippen LogP contribution in [0.1, 0.15) is 33.6 Å². The molecule has 0 saturated carbocycles. The van der Waals surface area contributed by atoms with Crippen molar-refractivity contribution in [2.75, 3.05) is 19.8 Å². The summed E-state index contributed by atoms with van der Waals surface area (Å²) in [4.78, 5) is 11.5. The van der Waals surface area contributed by atoms with E-state index in [9.17, 15) is 4.79 Å². The van der Waals surface area contributed by atoms with Gasteiger partial charge in [0.05, 0.1) is 25.3 Å². The van der Waals surface area contributed by atoms with E-state index in [1.165, 1.54) is 0 Å². The SMILES string of the molecule is CCCC(C)NC(=O)CNC(C)(CO)CO. The Morgan fingerprint density at radius 3 is 2.38 bits per heavy atom. The van der Waals surface area contributed by atoms with E-state index in [2.05, 4.69) is 17.6 Å². The summed E-state index contributed by atoms with van der Waals surface area (Å²) in [6, 6.07) is 0.161. The van der Waals surface area contributed by atoms with Gasteiger partial charge < -0.3 is 15.5 Å². The first-order chi connectivity index (χ1) is 7.47. The fourth-order valence-electron chi connectivity index (χ4n) is 1.29. The largest absolute Gasteiger partial charge is 0.394 e. The molecule has 0 aromatic carbocycles. The second-order valence-electron chi connectivity index (χ2n) is 4.49. The van der Waals surface area contributed by atoms with Crippen molar-refractivity contribution in [1.29, 1.82) is 0 Å². The molecule has 16 heavy (non-hydrogen) atoms. The molecule has 5 heteroatoms. The lowest BCUT2D eigenvalue weighted by molar-refractivity contribution is -0.121. The molecule has 0 rings (SSSR count). The first-order valence-corrected chi connectivity index (χ1v) is 5.73. The second kappa shape index (κ2) is 7.60. The van der Waals surface area contributed by atoms with Gasteiger partial charge in [0.25, 0.3) is 0 Å². The normalized spacial score (nSPS) is 13.6. The van der Waals surface area contributed by atoms with Crippen LogP contribution >= 0.6 is 0 Å². The number of carbonyl (C=O) groups is 1. The Kier molecular flexibility index (Phi) is 7.29. The highest BCUT2D eigenvalue weighted by Gasteiger charge is 2.22. The van der Waals surface area contributed by atoms with E-state index in [0.717, 1.165) is 12.8 Å². The Morgan fingerprint density at radius 1 is 1.38 bits per heavy atom. The van der Waals surface area contributed by atoms with Gasteiger partial charge in [-0.2, -0.15) is 0 Å². The van der Waals surface area contributed by atoms with Crippen LogP contribution in [0.5, 0.6) is 0 Å². The van der Waals surface area contributed by atoms with Crippen molar-refractivity contribution < 1.29 is 15.0 Å². The van der Waals surface area contributed by atoms with Gasteiger partial charge in [0.1, 0.15) is 0 Å². The Hall–Kier alpha value is -0.650. The standard InChI is InChI=1S/C11H24N2O3/c1-4-5-9(2)13-10(16)6-12-11(3,7-14)8-15/h9,12,14-15H,4-8H2,1-3H3,(H,13,16). The van der Waals surface area contributed by atoms with Gasteiger partial charge >= 0.3 is 0 Å². The predicted molar refractivity (Wildman–Crippen MR) is 63.1 cm³/mol. The number of carbonyl (C=O) groups excluding carboxylic acids is 1. The van der Waals surface area contributed by atoms with E-state index in [1.54, 1.807) is 6.92 Å². The summed E-state index contributed by atoms with van der Waals surface area (Å²) in [7, 11) is 0. The summed E-state index contributed by atoms with van der Waals surface area (Å²) in [5.41, 5.74) is -0.800. The van der Waals surface area contributed by atoms with Gasteiger partial charge in [0, 0.05) is 6.04 Å². The predicted octanol–water partition coefficient (Wildman–Crippen LogP) is -0.376. The van der Waals surface area contributed by atoms with Crippen LogP contribution in [0.15, 0.2) is 0 Å². The van der Waals surface area contributed by atoms with Gasteiger partial charge in [0.2, 0.25) is 5.91 Å². The van der Waals surface area contributed by atoms with Crippen LogP contribution in [0.4, 0.5) is 0 Å². The van der Waals surface area contributed by atoms with Crippen LogP contribution in [-0.4, -0.2) is 47.5 Å². The first kappa shape index (κ1) is 15.3. The zero-order valence-electron chi connectivity index (χ0n) is 10.4. The summed E-state index contributed by atoms with van der Waals surface area (Å²) in [5, 5.41) is 23.7. The van der Waals surface area contributed by atoms with E-state index < -0.39 is 5.54 Å². The summed E-state index contributed by atoms with van der Waals surface area (Å²) in [5.74, 6) is -0.117. The zero-order valence-corrected chi connectivity index (χ0v) is 10.4. The molecule has 0 bridgehead atoms. The maximum Gasteiger partial charge on any atom is 0.234 e. The van der Waals surface area contributed by atoms with Crippen molar-refractivity contribution in [2.45, 2.75) is 45.2 Å². The fraction of sp³-hybridized carbons (Fsp3) is 0.909. The van der Waals surface area contributed by atoms with Gasteiger partial charge in [-0.1, -0.05) is 13.3 Å². The van der Waals surface area contributed by atoms with Crippen LogP contribution in [-0.2, 0) is 4.79 Å². The lowest BCUT2D eigenvalue weighted by Gasteiger charge is -2.26. The third-order valence-corrected chi connectivity index (χ3v) is 2.50. The average molecular weight is 232 g/mol. The maximum atomic E-state index is 11.5. The maximum absolute atomic E-state index is 11.5. The van der Waals surface area contributed by atoms with Crippen LogP contribution < -0.4 is 10.6 Å². The summed E-state index contributed by atoms with van der Waals surface area (Å²) < 4.78 is 0. The molecule has 0 aliphatic rings. The second-order valence-corrected chi connectivity index (χ2v) is 4.49. The third kappa shape index (κ3) is 6.05. The summed E-state index contributed by atoms with van der Waals surface area (Å²) >= 11 is 0. The van der Waals surface area contributed by atoms with Gasteiger partial charge in [-0.15, -0.1) is 0 Å². The molecule has 0 aromatic heterocycles. The van der Waals surface area contributed by atoms with E-state index in [1.807, 2.05) is 6.92 Å². The highest BCUT2D eigenvalue weighted by Crippen LogP contribution is 1.99. The number of amides is 1. The lowest BCUT2D eigenvalue weighted by Crippen LogP contribution is -2.53. The Labute approximate surface area is 97.2 Å². The number of aliphatic hydroxyl groups is 2. The molecule has 0 radical (unpaired) electrons. The minimum Gasteiger partial charge on any atom is -0.394 e. The van der Waals surface area contributed by atoms with E-state index in [0.29, 0.717) is 0 Å². The van der Waals surface area contributed by atoms with Crippen LogP contribution in [0, 0.1) is 0 Å². The summed E-state index contributed by atoms with van der Waals surface area (Å²) in [6.07, 6.45) is 1.98. The zero-order chi connectivity index (χ0) is 12.6. The molecule has 0 heterocycles. The number of aliphatic hydroxyl groups excluding tert-OH is 2. The van der Waals surface area contributed by atoms with Crippen LogP contribution in [0.3, 0.4) is 0 Å². The average Bonchev–Trinajstić information content (AvgIpc) is 2.26. The Morgan fingerprint density at radius 2 is 1.94 bits per heavy atom. The molecule has 0 spiro atoms. The molecule has 4 N–H and O–H groups in total. The van der Waals surface area contributed by atoms with Gasteiger partial charge in [-0.05, 0) is 20.3 Å². The molecule has 0 aliphatic carbocycles. The smallest absolute Gasteiger partial charge is 0.234 e. The molecule has 1 atom stereocenters. The van der Waals surface area contributed by atoms with Crippen molar-refractivity contribution in [3.05, 3.63) is 0 Å². The van der Waals surface area contributed by atoms with Crippen molar-refractivity contribution in [1.82, 2.24) is 10.6 Å². The molecule has 0 aromatic rings. The number of hydrogen-bond donors (Lipinski definition) is 4. The van der Waals surface area contributed by atoms with Crippen molar-refractivity contribution >= 4 is 5.91 Å². The van der Waals surface area contributed by atoms with Gasteiger partial charge in [-0.25, -0.2) is 0 Å². The quantitative estimate of drug-likeness (QED) is 0.460. The number of rotatable bonds is 8. The fourth-order valence-corrected chi connectivity index (χ4v) is 1.29. The monoisotopic (exact) mass is 232 g/mol. The highest BCUT2D eigenvalue weighted by molar-refractivity contribution is 5.78. The van der Waals surface area contributed by atoms with E-state index in [-0.39, 0.29) is 31.7 Å². The molecular formula is C11H24N2O3. The summed E-state index contributed by atoms with van der Waals surface area (Å²) in [6.45, 7) is 5.37. The first-order valence-electron chi connectivity index (χ1n) is 5.73. The van der Waals surface area contributed by atoms with E-state index in [4.69, 9.17) is 10.2 Å². The Bertz CT molecular complexity index is 205. The topological polar surface area (TPSA) is 81.6 Å². The molecule has 1 unspecified atom stereocenters. The van der Waals surface area contributed by atoms with E-state index >= 15 is 0 Å². The minimum absolute atomic E-state index is 0.103. The van der Waals surface area contributed by atoms with Gasteiger partial charge in [0.15, 0.2) is 0 Å². The van der Waals surface area contributed by atoms with Crippen molar-refractivity contribution in [3.63, 3.8) is 0 Å². The number of hydrogen-bond acceptors (Lipinski definition) is 4. The molecule has 0 saturated heterocycles. The molecular weight excluding hydrogens is 208 g/mol. The third-order valence-electron chi connectivity index (χ3n) is 2.50. The lowest BCUT2D eigenvalue weighted by atomic mass is 10.1. The van der Waals surface area contributed by atoms with Gasteiger partial charge in [-0.3, -0.25) is 10.1 Å². The molecule has 0 fully saturated rings. The van der Waals surface area contributed by atoms with Crippen LogP contribution in [0.2, 0.25) is 0 Å². The molecule has 0 aliphatic heterocycles. The molecule has 5 nitrogen and oxygen atoms in total. The Balaban J connectivity index is 3.88. The van der Waals surface area contributed by atoms with Crippen molar-refractivity contribution in [2.24, 2.45) is 0 Å². The highest BCUT2D eigenvalue weighted by atomic mass is 16.3. The van der Waals surface area contributed by atoms with Crippen molar-refractivity contribution in [3.8, 4) is 0 Å².